The molecule has 0 spiro atoms. The largest absolute Gasteiger partial charge is 0.382 e. The first-order valence-corrected chi connectivity index (χ1v) is 11.3. The molecule has 0 bridgehead atoms. The van der Waals surface area contributed by atoms with E-state index in [9.17, 15) is 9.18 Å². The van der Waals surface area contributed by atoms with E-state index in [-0.39, 0.29) is 17.4 Å². The number of anilines is 1. The van der Waals surface area contributed by atoms with Crippen molar-refractivity contribution in [3.05, 3.63) is 66.4 Å². The van der Waals surface area contributed by atoms with Crippen LogP contribution < -0.4 is 5.73 Å². The van der Waals surface area contributed by atoms with Crippen molar-refractivity contribution < 1.29 is 9.18 Å². The molecular weight excluding hydrogens is 433 g/mol. The van der Waals surface area contributed by atoms with E-state index >= 15 is 0 Å². The van der Waals surface area contributed by atoms with E-state index in [0.29, 0.717) is 41.7 Å². The summed E-state index contributed by atoms with van der Waals surface area (Å²) < 4.78 is 18.8. The zero-order valence-electron chi connectivity index (χ0n) is 18.4. The molecule has 1 aliphatic carbocycles. The number of nitrogen functional groups attached to an aromatic ring is 1. The number of benzene rings is 1. The Morgan fingerprint density at radius 2 is 2.09 bits per heavy atom. The van der Waals surface area contributed by atoms with Crippen LogP contribution in [0.2, 0.25) is 0 Å². The van der Waals surface area contributed by atoms with Crippen LogP contribution in [-0.4, -0.2) is 47.8 Å². The molecule has 8 nitrogen and oxygen atoms in total. The summed E-state index contributed by atoms with van der Waals surface area (Å²) in [6.07, 6.45) is 9.44. The van der Waals surface area contributed by atoms with Crippen LogP contribution in [0.1, 0.15) is 48.3 Å². The topological polar surface area (TPSA) is 94.3 Å². The van der Waals surface area contributed by atoms with Gasteiger partial charge >= 0.3 is 0 Å². The van der Waals surface area contributed by atoms with Gasteiger partial charge in [0.25, 0.3) is 0 Å². The number of fused-ring (bicyclic) bond motifs is 2. The summed E-state index contributed by atoms with van der Waals surface area (Å²) >= 11 is 0. The summed E-state index contributed by atoms with van der Waals surface area (Å²) in [4.78, 5) is 27.1. The van der Waals surface area contributed by atoms with Crippen molar-refractivity contribution in [2.45, 2.75) is 31.2 Å². The molecule has 2 fully saturated rings. The molecule has 4 heterocycles. The molecule has 34 heavy (non-hydrogen) atoms. The van der Waals surface area contributed by atoms with E-state index in [2.05, 4.69) is 28.4 Å². The van der Waals surface area contributed by atoms with Crippen LogP contribution in [0.5, 0.6) is 0 Å². The predicted molar refractivity (Wildman–Crippen MR) is 125 cm³/mol. The molecule has 2 N–H and O–H groups in total. The maximum atomic E-state index is 14.9. The van der Waals surface area contributed by atoms with Crippen molar-refractivity contribution in [1.29, 1.82) is 0 Å². The molecule has 6 rings (SSSR count). The van der Waals surface area contributed by atoms with Crippen LogP contribution in [0, 0.1) is 17.7 Å². The molecular formula is C25H22FN7O. The van der Waals surface area contributed by atoms with Crippen molar-refractivity contribution in [1.82, 2.24) is 28.8 Å². The third-order valence-corrected chi connectivity index (χ3v) is 6.57. The van der Waals surface area contributed by atoms with E-state index in [0.717, 1.165) is 30.6 Å². The molecule has 170 valence electrons. The van der Waals surface area contributed by atoms with Crippen molar-refractivity contribution in [2.75, 3.05) is 18.8 Å². The molecule has 0 radical (unpaired) electrons. The van der Waals surface area contributed by atoms with Crippen LogP contribution in [0.15, 0.2) is 43.5 Å². The maximum Gasteiger partial charge on any atom is 0.245 e. The van der Waals surface area contributed by atoms with E-state index in [1.807, 2.05) is 8.97 Å². The second kappa shape index (κ2) is 7.70. The van der Waals surface area contributed by atoms with E-state index in [1.54, 1.807) is 29.7 Å². The Hall–Kier alpha value is -4.19. The van der Waals surface area contributed by atoms with Crippen molar-refractivity contribution in [2.24, 2.45) is 0 Å². The molecule has 1 aliphatic heterocycles. The number of hydrogen-bond acceptors (Lipinski definition) is 5. The number of aromatic nitrogens is 5. The van der Waals surface area contributed by atoms with E-state index < -0.39 is 5.82 Å². The normalized spacial score (nSPS) is 17.8. The van der Waals surface area contributed by atoms with Gasteiger partial charge in [0.1, 0.15) is 22.9 Å². The zero-order chi connectivity index (χ0) is 23.4. The number of hydrogen-bond donors (Lipinski definition) is 1. The second-order valence-corrected chi connectivity index (χ2v) is 8.78. The monoisotopic (exact) mass is 455 g/mol. The van der Waals surface area contributed by atoms with E-state index in [4.69, 9.17) is 10.7 Å². The lowest BCUT2D eigenvalue weighted by molar-refractivity contribution is -0.125. The van der Waals surface area contributed by atoms with Gasteiger partial charge in [-0.15, -0.1) is 0 Å². The minimum absolute atomic E-state index is 0.0215. The lowest BCUT2D eigenvalue weighted by Crippen LogP contribution is -2.26. The van der Waals surface area contributed by atoms with Gasteiger partial charge in [0, 0.05) is 43.5 Å². The molecule has 1 amide bonds. The van der Waals surface area contributed by atoms with Crippen molar-refractivity contribution in [3.8, 4) is 11.8 Å². The Morgan fingerprint density at radius 1 is 1.24 bits per heavy atom. The highest BCUT2D eigenvalue weighted by Gasteiger charge is 2.30. The van der Waals surface area contributed by atoms with Gasteiger partial charge in [-0.25, -0.2) is 19.3 Å². The lowest BCUT2D eigenvalue weighted by Gasteiger charge is -2.13. The molecule has 4 aromatic rings. The molecule has 1 aromatic carbocycles. The number of amides is 1. The van der Waals surface area contributed by atoms with Gasteiger partial charge in [-0.05, 0) is 37.3 Å². The number of halogens is 1. The van der Waals surface area contributed by atoms with Gasteiger partial charge < -0.3 is 15.2 Å². The number of carbonyl (C=O) groups is 1. The molecule has 2 aliphatic rings. The predicted octanol–water partition coefficient (Wildman–Crippen LogP) is 3.04. The molecule has 3 aromatic heterocycles. The van der Waals surface area contributed by atoms with Crippen LogP contribution in [-0.2, 0) is 4.79 Å². The zero-order valence-corrected chi connectivity index (χ0v) is 18.4. The Kier molecular flexibility index (Phi) is 4.62. The van der Waals surface area contributed by atoms with Gasteiger partial charge in [-0.2, -0.15) is 0 Å². The smallest absolute Gasteiger partial charge is 0.245 e. The number of rotatable bonds is 3. The quantitative estimate of drug-likeness (QED) is 0.379. The Labute approximate surface area is 194 Å². The number of carbonyl (C=O) groups excluding carboxylic acids is 1. The summed E-state index contributed by atoms with van der Waals surface area (Å²) in [7, 11) is 0. The van der Waals surface area contributed by atoms with Crippen molar-refractivity contribution >= 4 is 28.3 Å². The molecule has 1 atom stereocenters. The summed E-state index contributed by atoms with van der Waals surface area (Å²) in [6.45, 7) is 4.73. The van der Waals surface area contributed by atoms with Gasteiger partial charge in [0.05, 0.1) is 22.9 Å². The third-order valence-electron chi connectivity index (χ3n) is 6.57. The lowest BCUT2D eigenvalue weighted by atomic mass is 10.1. The van der Waals surface area contributed by atoms with Gasteiger partial charge in [0.15, 0.2) is 5.82 Å². The number of likely N-dealkylation sites (tertiary alicyclic amines) is 1. The van der Waals surface area contributed by atoms with Gasteiger partial charge in [0.2, 0.25) is 5.91 Å². The molecule has 1 saturated carbocycles. The molecule has 1 saturated heterocycles. The fourth-order valence-electron chi connectivity index (χ4n) is 4.68. The minimum Gasteiger partial charge on any atom is -0.382 e. The van der Waals surface area contributed by atoms with Gasteiger partial charge in [-0.1, -0.05) is 12.5 Å². The first kappa shape index (κ1) is 20.4. The van der Waals surface area contributed by atoms with Crippen LogP contribution in [0.4, 0.5) is 10.2 Å². The Bertz CT molecular complexity index is 1540. The number of imidazole rings is 2. The summed E-state index contributed by atoms with van der Waals surface area (Å²) in [5.41, 5.74) is 8.93. The minimum atomic E-state index is -0.397. The van der Waals surface area contributed by atoms with E-state index in [1.165, 1.54) is 12.1 Å². The standard InChI is InChI=1S/C25H22FN7O/c1-2-22(34)31-9-7-16(13-31)25-30-19(23-24(27)28-8-10-32(23)25)6-3-15-11-20-21(12-18(15)26)33(14-29-20)17-4-5-17/h2,8,10-12,14,16-17H,1,4-5,7,9,13H2,(H2,27,28)/t16-/m0/s1. The molecule has 0 unspecified atom stereocenters. The highest BCUT2D eigenvalue weighted by Crippen LogP contribution is 2.37. The van der Waals surface area contributed by atoms with Crippen LogP contribution in [0.3, 0.4) is 0 Å². The fourth-order valence-corrected chi connectivity index (χ4v) is 4.68. The SMILES string of the molecule is C=CC(=O)N1CC[C@H](c2nc(C#Cc3cc4ncn(C5CC5)c4cc3F)c3c(N)nccn23)C1. The highest BCUT2D eigenvalue weighted by atomic mass is 19.1. The summed E-state index contributed by atoms with van der Waals surface area (Å²) in [5.74, 6) is 6.51. The van der Waals surface area contributed by atoms with Crippen LogP contribution in [0.25, 0.3) is 16.6 Å². The number of nitrogens with two attached hydrogens (primary N) is 1. The first-order chi connectivity index (χ1) is 16.5. The number of nitrogens with zero attached hydrogens (tertiary/aromatic N) is 6. The first-order valence-electron chi connectivity index (χ1n) is 11.3. The van der Waals surface area contributed by atoms with Gasteiger partial charge in [-0.3, -0.25) is 9.20 Å². The average Bonchev–Trinajstić information content (AvgIpc) is 3.25. The Balaban J connectivity index is 1.39. The van der Waals surface area contributed by atoms with Crippen molar-refractivity contribution in [3.63, 3.8) is 0 Å². The summed E-state index contributed by atoms with van der Waals surface area (Å²) in [5, 5.41) is 0. The van der Waals surface area contributed by atoms with Crippen LogP contribution >= 0.6 is 0 Å². The highest BCUT2D eigenvalue weighted by molar-refractivity contribution is 5.87. The Morgan fingerprint density at radius 3 is 2.88 bits per heavy atom. The third kappa shape index (κ3) is 3.30. The fraction of sp³-hybridized carbons (Fsp3) is 0.280. The maximum absolute atomic E-state index is 14.9. The average molecular weight is 455 g/mol. The molecule has 9 heteroatoms. The summed E-state index contributed by atoms with van der Waals surface area (Å²) in [6, 6.07) is 3.59. The second-order valence-electron chi connectivity index (χ2n) is 8.78.